The molecule has 0 aliphatic carbocycles. The summed E-state index contributed by atoms with van der Waals surface area (Å²) in [6.07, 6.45) is 2.52. The minimum absolute atomic E-state index is 0.178. The SMILES string of the molecule is CC(c1cccc(-c2ccc(C(=O)O)cc2CO)c1)N1CCCC1. The molecule has 2 aromatic carbocycles. The van der Waals surface area contributed by atoms with Crippen molar-refractivity contribution in [1.29, 1.82) is 0 Å². The minimum atomic E-state index is -0.979. The van der Waals surface area contributed by atoms with Gasteiger partial charge in [-0.3, -0.25) is 4.90 Å². The molecule has 3 rings (SSSR count). The van der Waals surface area contributed by atoms with Gasteiger partial charge in [0.25, 0.3) is 0 Å². The number of aromatic carboxylic acids is 1. The number of benzene rings is 2. The van der Waals surface area contributed by atoms with Gasteiger partial charge in [0.2, 0.25) is 0 Å². The Morgan fingerprint density at radius 3 is 2.58 bits per heavy atom. The lowest BCUT2D eigenvalue weighted by Crippen LogP contribution is -2.23. The van der Waals surface area contributed by atoms with Crippen molar-refractivity contribution in [3.05, 3.63) is 59.2 Å². The molecular formula is C20H23NO3. The number of carboxylic acid groups (broad SMARTS) is 1. The second-order valence-corrected chi connectivity index (χ2v) is 6.38. The fourth-order valence-corrected chi connectivity index (χ4v) is 3.44. The van der Waals surface area contributed by atoms with Crippen molar-refractivity contribution in [3.8, 4) is 11.1 Å². The van der Waals surface area contributed by atoms with E-state index in [0.717, 1.165) is 24.2 Å². The molecule has 0 aromatic heterocycles. The van der Waals surface area contributed by atoms with Crippen molar-refractivity contribution in [1.82, 2.24) is 4.90 Å². The normalized spacial score (nSPS) is 16.2. The van der Waals surface area contributed by atoms with Gasteiger partial charge in [-0.15, -0.1) is 0 Å². The highest BCUT2D eigenvalue weighted by Crippen LogP contribution is 2.30. The lowest BCUT2D eigenvalue weighted by Gasteiger charge is -2.24. The Hall–Kier alpha value is -2.17. The molecule has 0 saturated carbocycles. The van der Waals surface area contributed by atoms with Gasteiger partial charge >= 0.3 is 5.97 Å². The van der Waals surface area contributed by atoms with E-state index < -0.39 is 5.97 Å². The summed E-state index contributed by atoms with van der Waals surface area (Å²) in [4.78, 5) is 13.6. The third-order valence-corrected chi connectivity index (χ3v) is 4.89. The molecule has 126 valence electrons. The molecule has 0 bridgehead atoms. The van der Waals surface area contributed by atoms with Gasteiger partial charge in [0, 0.05) is 6.04 Å². The Bertz CT molecular complexity index is 735. The number of carboxylic acids is 1. The maximum atomic E-state index is 11.1. The van der Waals surface area contributed by atoms with Crippen molar-refractivity contribution in [2.75, 3.05) is 13.1 Å². The molecule has 1 unspecified atom stereocenters. The third-order valence-electron chi connectivity index (χ3n) is 4.89. The first-order chi connectivity index (χ1) is 11.6. The Balaban J connectivity index is 1.95. The molecule has 1 aliphatic rings. The standard InChI is InChI=1S/C20H23NO3/c1-14(21-9-2-3-10-21)15-5-4-6-16(11-15)19-8-7-17(20(23)24)12-18(19)13-22/h4-8,11-12,14,22H,2-3,9-10,13H2,1H3,(H,23,24). The molecule has 1 atom stereocenters. The van der Waals surface area contributed by atoms with Crippen molar-refractivity contribution in [3.63, 3.8) is 0 Å². The zero-order valence-corrected chi connectivity index (χ0v) is 13.9. The van der Waals surface area contributed by atoms with Crippen LogP contribution in [0.15, 0.2) is 42.5 Å². The molecule has 1 aliphatic heterocycles. The van der Waals surface area contributed by atoms with Crippen LogP contribution in [0.2, 0.25) is 0 Å². The number of hydrogen-bond donors (Lipinski definition) is 2. The van der Waals surface area contributed by atoms with Crippen molar-refractivity contribution in [2.24, 2.45) is 0 Å². The van der Waals surface area contributed by atoms with E-state index in [9.17, 15) is 9.90 Å². The van der Waals surface area contributed by atoms with Crippen LogP contribution in [0.4, 0.5) is 0 Å². The van der Waals surface area contributed by atoms with Crippen LogP contribution in [0, 0.1) is 0 Å². The highest BCUT2D eigenvalue weighted by atomic mass is 16.4. The molecule has 0 radical (unpaired) electrons. The van der Waals surface area contributed by atoms with E-state index in [1.54, 1.807) is 18.2 Å². The first-order valence-electron chi connectivity index (χ1n) is 8.41. The van der Waals surface area contributed by atoms with Crippen LogP contribution in [-0.4, -0.2) is 34.2 Å². The number of nitrogens with zero attached hydrogens (tertiary/aromatic N) is 1. The van der Waals surface area contributed by atoms with Gasteiger partial charge in [0.15, 0.2) is 0 Å². The quantitative estimate of drug-likeness (QED) is 0.880. The number of aliphatic hydroxyl groups excluding tert-OH is 1. The summed E-state index contributed by atoms with van der Waals surface area (Å²) in [5, 5.41) is 18.8. The molecular weight excluding hydrogens is 302 g/mol. The Labute approximate surface area is 142 Å². The summed E-state index contributed by atoms with van der Waals surface area (Å²) in [5.74, 6) is -0.979. The smallest absolute Gasteiger partial charge is 0.335 e. The van der Waals surface area contributed by atoms with Gasteiger partial charge in [-0.05, 0) is 73.3 Å². The Morgan fingerprint density at radius 1 is 1.17 bits per heavy atom. The van der Waals surface area contributed by atoms with Gasteiger partial charge in [-0.1, -0.05) is 24.3 Å². The van der Waals surface area contributed by atoms with E-state index in [2.05, 4.69) is 24.0 Å². The fourth-order valence-electron chi connectivity index (χ4n) is 3.44. The summed E-state index contributed by atoms with van der Waals surface area (Å²) in [6.45, 7) is 4.33. The topological polar surface area (TPSA) is 60.8 Å². The number of rotatable bonds is 5. The minimum Gasteiger partial charge on any atom is -0.478 e. The maximum absolute atomic E-state index is 11.1. The van der Waals surface area contributed by atoms with Crippen LogP contribution in [0.5, 0.6) is 0 Å². The second-order valence-electron chi connectivity index (χ2n) is 6.38. The van der Waals surface area contributed by atoms with Crippen molar-refractivity contribution in [2.45, 2.75) is 32.4 Å². The van der Waals surface area contributed by atoms with Crippen LogP contribution in [0.25, 0.3) is 11.1 Å². The summed E-state index contributed by atoms with van der Waals surface area (Å²) in [5.41, 5.74) is 3.99. The molecule has 1 saturated heterocycles. The van der Waals surface area contributed by atoms with Crippen LogP contribution >= 0.6 is 0 Å². The molecule has 1 heterocycles. The van der Waals surface area contributed by atoms with Gasteiger partial charge in [0.1, 0.15) is 0 Å². The number of hydrogen-bond acceptors (Lipinski definition) is 3. The van der Waals surface area contributed by atoms with Crippen LogP contribution in [0.3, 0.4) is 0 Å². The molecule has 2 aromatic rings. The van der Waals surface area contributed by atoms with E-state index in [1.807, 2.05) is 12.1 Å². The number of likely N-dealkylation sites (tertiary alicyclic amines) is 1. The van der Waals surface area contributed by atoms with Crippen LogP contribution < -0.4 is 0 Å². The summed E-state index contributed by atoms with van der Waals surface area (Å²) in [7, 11) is 0. The van der Waals surface area contributed by atoms with Crippen LogP contribution in [0.1, 0.15) is 47.3 Å². The molecule has 2 N–H and O–H groups in total. The average Bonchev–Trinajstić information content (AvgIpc) is 3.15. The van der Waals surface area contributed by atoms with E-state index in [-0.39, 0.29) is 12.2 Å². The maximum Gasteiger partial charge on any atom is 0.335 e. The first-order valence-corrected chi connectivity index (χ1v) is 8.41. The van der Waals surface area contributed by atoms with Gasteiger partial charge in [-0.25, -0.2) is 4.79 Å². The van der Waals surface area contributed by atoms with E-state index in [4.69, 9.17) is 5.11 Å². The predicted molar refractivity (Wildman–Crippen MR) is 94.0 cm³/mol. The monoisotopic (exact) mass is 325 g/mol. The molecule has 4 heteroatoms. The molecule has 1 fully saturated rings. The van der Waals surface area contributed by atoms with Crippen molar-refractivity contribution >= 4 is 5.97 Å². The van der Waals surface area contributed by atoms with E-state index in [0.29, 0.717) is 11.6 Å². The predicted octanol–water partition coefficient (Wildman–Crippen LogP) is 3.70. The molecule has 4 nitrogen and oxygen atoms in total. The largest absolute Gasteiger partial charge is 0.478 e. The van der Waals surface area contributed by atoms with Gasteiger partial charge in [-0.2, -0.15) is 0 Å². The first kappa shape index (κ1) is 16.7. The summed E-state index contributed by atoms with van der Waals surface area (Å²) < 4.78 is 0. The zero-order valence-electron chi connectivity index (χ0n) is 13.9. The lowest BCUT2D eigenvalue weighted by molar-refractivity contribution is 0.0696. The molecule has 0 amide bonds. The third kappa shape index (κ3) is 3.35. The lowest BCUT2D eigenvalue weighted by atomic mass is 9.95. The number of carbonyl (C=O) groups is 1. The zero-order chi connectivity index (χ0) is 17.1. The highest BCUT2D eigenvalue weighted by molar-refractivity contribution is 5.89. The molecule has 24 heavy (non-hydrogen) atoms. The number of aliphatic hydroxyl groups is 1. The van der Waals surface area contributed by atoms with E-state index in [1.165, 1.54) is 18.4 Å². The molecule has 0 spiro atoms. The van der Waals surface area contributed by atoms with Gasteiger partial charge < -0.3 is 10.2 Å². The average molecular weight is 325 g/mol. The van der Waals surface area contributed by atoms with Crippen LogP contribution in [-0.2, 0) is 6.61 Å². The second kappa shape index (κ2) is 7.16. The Kier molecular flexibility index (Phi) is 4.97. The summed E-state index contributed by atoms with van der Waals surface area (Å²) >= 11 is 0. The highest BCUT2D eigenvalue weighted by Gasteiger charge is 2.20. The Morgan fingerprint density at radius 2 is 1.92 bits per heavy atom. The summed E-state index contributed by atoms with van der Waals surface area (Å²) in [6, 6.07) is 13.6. The van der Waals surface area contributed by atoms with Gasteiger partial charge in [0.05, 0.1) is 12.2 Å². The van der Waals surface area contributed by atoms with E-state index >= 15 is 0 Å². The fraction of sp³-hybridized carbons (Fsp3) is 0.350. The van der Waals surface area contributed by atoms with Crippen molar-refractivity contribution < 1.29 is 15.0 Å².